The Labute approximate surface area is 237 Å². The van der Waals surface area contributed by atoms with E-state index in [0.29, 0.717) is 5.82 Å². The Balaban J connectivity index is 1.09. The number of nitrogens with zero attached hydrogens (tertiary/aromatic N) is 7. The zero-order valence-corrected chi connectivity index (χ0v) is 22.8. The van der Waals surface area contributed by atoms with Gasteiger partial charge < -0.3 is 4.98 Å². The van der Waals surface area contributed by atoms with Gasteiger partial charge in [-0.15, -0.1) is 5.10 Å². The third-order valence-corrected chi connectivity index (χ3v) is 8.03. The van der Waals surface area contributed by atoms with Crippen LogP contribution in [0, 0.1) is 0 Å². The number of pyridine rings is 1. The Hall–Kier alpha value is -4.89. The Morgan fingerprint density at radius 2 is 1.63 bits per heavy atom. The Morgan fingerprint density at radius 3 is 2.39 bits per heavy atom. The molecule has 1 aliphatic heterocycles. The third-order valence-electron chi connectivity index (χ3n) is 8.03. The number of hydrogen-bond donors (Lipinski definition) is 1. The van der Waals surface area contributed by atoms with Gasteiger partial charge in [0, 0.05) is 55.6 Å². The number of imidazole rings is 1. The Morgan fingerprint density at radius 1 is 0.878 bits per heavy atom. The van der Waals surface area contributed by atoms with E-state index in [1.165, 1.54) is 5.56 Å². The molecule has 41 heavy (non-hydrogen) atoms. The zero-order chi connectivity index (χ0) is 27.8. The first-order valence-corrected chi connectivity index (χ1v) is 13.9. The van der Waals surface area contributed by atoms with Gasteiger partial charge in [0.15, 0.2) is 5.82 Å². The lowest BCUT2D eigenvalue weighted by Crippen LogP contribution is -2.36. The number of rotatable bonds is 6. The largest absolute Gasteiger partial charge is 0.326 e. The summed E-state index contributed by atoms with van der Waals surface area (Å²) in [5, 5.41) is 11.9. The second-order valence-electron chi connectivity index (χ2n) is 10.6. The summed E-state index contributed by atoms with van der Waals surface area (Å²) >= 11 is 0. The number of H-pyrrole nitrogens is 1. The van der Waals surface area contributed by atoms with Gasteiger partial charge in [0.2, 0.25) is 0 Å². The molecule has 0 saturated carbocycles. The van der Waals surface area contributed by atoms with Crippen molar-refractivity contribution in [1.82, 2.24) is 39.6 Å². The number of aromatic amines is 1. The van der Waals surface area contributed by atoms with E-state index >= 15 is 0 Å². The molecule has 0 atom stereocenters. The molecule has 1 fully saturated rings. The van der Waals surface area contributed by atoms with Gasteiger partial charge in [-0.25, -0.2) is 9.48 Å². The fourth-order valence-electron chi connectivity index (χ4n) is 5.93. The van der Waals surface area contributed by atoms with Crippen molar-refractivity contribution in [2.45, 2.75) is 25.4 Å². The van der Waals surface area contributed by atoms with Gasteiger partial charge in [-0.05, 0) is 52.6 Å². The summed E-state index contributed by atoms with van der Waals surface area (Å²) in [6.45, 7) is 2.79. The highest BCUT2D eigenvalue weighted by Crippen LogP contribution is 2.34. The van der Waals surface area contributed by atoms with Gasteiger partial charge in [0.1, 0.15) is 0 Å². The van der Waals surface area contributed by atoms with E-state index in [-0.39, 0.29) is 11.7 Å². The van der Waals surface area contributed by atoms with Crippen LogP contribution in [0.1, 0.15) is 24.4 Å². The van der Waals surface area contributed by atoms with Crippen LogP contribution < -0.4 is 5.69 Å². The highest BCUT2D eigenvalue weighted by molar-refractivity contribution is 5.83. The normalized spacial score (nSPS) is 14.6. The zero-order valence-electron chi connectivity index (χ0n) is 22.8. The molecular formula is C32H30N8O. The van der Waals surface area contributed by atoms with E-state index in [4.69, 9.17) is 4.98 Å². The standard InChI is InChI=1S/C32H30N8O/c1-38-31(35-36-37-38)25-19-27(23-7-3-2-4-8-23)30(33-20-25)24-13-11-22(12-14-24)21-39-17-15-26(16-18-39)40-29-10-6-5-9-28(29)34-32(40)41/h2-14,19-20,26H,15-18,21H2,1H3,(H,34,41). The van der Waals surface area contributed by atoms with Crippen molar-refractivity contribution >= 4 is 11.0 Å². The van der Waals surface area contributed by atoms with E-state index in [0.717, 1.165) is 71.5 Å². The van der Waals surface area contributed by atoms with E-state index in [9.17, 15) is 4.79 Å². The van der Waals surface area contributed by atoms with Crippen LogP contribution in [0.3, 0.4) is 0 Å². The fourth-order valence-corrected chi connectivity index (χ4v) is 5.93. The maximum Gasteiger partial charge on any atom is 0.326 e. The van der Waals surface area contributed by atoms with Gasteiger partial charge in [-0.2, -0.15) is 0 Å². The van der Waals surface area contributed by atoms with Crippen LogP contribution >= 0.6 is 0 Å². The number of fused-ring (bicyclic) bond motifs is 1. The van der Waals surface area contributed by atoms with Gasteiger partial charge in [0.25, 0.3) is 0 Å². The van der Waals surface area contributed by atoms with Gasteiger partial charge in [-0.3, -0.25) is 14.5 Å². The number of tetrazole rings is 1. The second-order valence-corrected chi connectivity index (χ2v) is 10.6. The second kappa shape index (κ2) is 10.6. The van der Waals surface area contributed by atoms with E-state index < -0.39 is 0 Å². The summed E-state index contributed by atoms with van der Waals surface area (Å²) in [5.41, 5.74) is 8.14. The monoisotopic (exact) mass is 542 g/mol. The van der Waals surface area contributed by atoms with Crippen LogP contribution in [0.25, 0.3) is 44.8 Å². The highest BCUT2D eigenvalue weighted by Gasteiger charge is 2.23. The van der Waals surface area contributed by atoms with Crippen LogP contribution in [0.4, 0.5) is 0 Å². The van der Waals surface area contributed by atoms with E-state index in [1.54, 1.807) is 4.68 Å². The van der Waals surface area contributed by atoms with Crippen molar-refractivity contribution in [3.63, 3.8) is 0 Å². The van der Waals surface area contributed by atoms with Crippen molar-refractivity contribution in [2.24, 2.45) is 7.05 Å². The summed E-state index contributed by atoms with van der Waals surface area (Å²) in [4.78, 5) is 23.0. The summed E-state index contributed by atoms with van der Waals surface area (Å²) < 4.78 is 3.60. The molecule has 1 N–H and O–H groups in total. The van der Waals surface area contributed by atoms with Crippen molar-refractivity contribution < 1.29 is 0 Å². The minimum Gasteiger partial charge on any atom is -0.306 e. The topological polar surface area (TPSA) is 97.5 Å². The molecule has 0 spiro atoms. The van der Waals surface area contributed by atoms with Crippen molar-refractivity contribution in [3.05, 3.63) is 107 Å². The SMILES string of the molecule is Cn1nnnc1-c1cnc(-c2ccc(CN3CCC(n4c(=O)[nH]c5ccccc54)CC3)cc2)c(-c2ccccc2)c1. The number of likely N-dealkylation sites (tertiary alicyclic amines) is 1. The first-order chi connectivity index (χ1) is 20.1. The van der Waals surface area contributed by atoms with Crippen LogP contribution in [0.5, 0.6) is 0 Å². The summed E-state index contributed by atoms with van der Waals surface area (Å²) in [6.07, 6.45) is 3.75. The predicted molar refractivity (Wildman–Crippen MR) is 159 cm³/mol. The fraction of sp³-hybridized carbons (Fsp3) is 0.219. The van der Waals surface area contributed by atoms with Gasteiger partial charge >= 0.3 is 5.69 Å². The van der Waals surface area contributed by atoms with E-state index in [1.807, 2.05) is 60.3 Å². The summed E-state index contributed by atoms with van der Waals surface area (Å²) in [7, 11) is 1.83. The number of aromatic nitrogens is 7. The van der Waals surface area contributed by atoms with Crippen LogP contribution in [0.2, 0.25) is 0 Å². The number of para-hydroxylation sites is 2. The van der Waals surface area contributed by atoms with Crippen LogP contribution in [-0.4, -0.2) is 52.7 Å². The van der Waals surface area contributed by atoms with Crippen LogP contribution in [-0.2, 0) is 13.6 Å². The Bertz CT molecular complexity index is 1860. The first kappa shape index (κ1) is 25.1. The molecule has 9 heteroatoms. The van der Waals surface area contributed by atoms with Crippen molar-refractivity contribution in [1.29, 1.82) is 0 Å². The molecule has 6 aromatic rings. The third kappa shape index (κ3) is 4.85. The molecular weight excluding hydrogens is 512 g/mol. The first-order valence-electron chi connectivity index (χ1n) is 13.9. The molecule has 9 nitrogen and oxygen atoms in total. The minimum absolute atomic E-state index is 0.00926. The lowest BCUT2D eigenvalue weighted by Gasteiger charge is -2.32. The molecule has 1 aliphatic rings. The lowest BCUT2D eigenvalue weighted by atomic mass is 9.97. The van der Waals surface area contributed by atoms with Gasteiger partial charge in [-0.1, -0.05) is 66.7 Å². The molecule has 0 aliphatic carbocycles. The quantitative estimate of drug-likeness (QED) is 0.315. The van der Waals surface area contributed by atoms with Gasteiger partial charge in [0.05, 0.1) is 16.7 Å². The molecule has 3 aromatic carbocycles. The summed E-state index contributed by atoms with van der Waals surface area (Å²) in [6, 6.07) is 29.3. The maximum atomic E-state index is 12.6. The molecule has 1 saturated heterocycles. The number of hydrogen-bond acceptors (Lipinski definition) is 6. The molecule has 0 radical (unpaired) electrons. The number of piperidine rings is 1. The predicted octanol–water partition coefficient (Wildman–Crippen LogP) is 5.09. The molecule has 3 aromatic heterocycles. The molecule has 4 heterocycles. The molecule has 7 rings (SSSR count). The van der Waals surface area contributed by atoms with Crippen molar-refractivity contribution in [2.75, 3.05) is 13.1 Å². The smallest absolute Gasteiger partial charge is 0.306 e. The van der Waals surface area contributed by atoms with Crippen LogP contribution in [0.15, 0.2) is 95.9 Å². The minimum atomic E-state index is -0.00926. The average Bonchev–Trinajstić information content (AvgIpc) is 3.60. The molecule has 0 amide bonds. The molecule has 0 unspecified atom stereocenters. The highest BCUT2D eigenvalue weighted by atomic mass is 16.1. The Kier molecular flexibility index (Phi) is 6.48. The maximum absolute atomic E-state index is 12.6. The van der Waals surface area contributed by atoms with E-state index in [2.05, 4.69) is 67.9 Å². The summed E-state index contributed by atoms with van der Waals surface area (Å²) in [5.74, 6) is 0.676. The molecule has 0 bridgehead atoms. The number of benzene rings is 3. The number of aryl methyl sites for hydroxylation is 1. The average molecular weight is 543 g/mol. The van der Waals surface area contributed by atoms with Crippen molar-refractivity contribution in [3.8, 4) is 33.8 Å². The number of nitrogens with one attached hydrogen (secondary N) is 1. The molecule has 204 valence electrons. The lowest BCUT2D eigenvalue weighted by molar-refractivity contribution is 0.180.